The number of ether oxygens (including phenoxy) is 2. The normalized spacial score (nSPS) is 20.0. The zero-order chi connectivity index (χ0) is 17.8. The van der Waals surface area contributed by atoms with Crippen LogP contribution in [-0.2, 0) is 9.53 Å². The van der Waals surface area contributed by atoms with Crippen molar-refractivity contribution in [1.29, 1.82) is 0 Å². The molecule has 1 fully saturated rings. The summed E-state index contributed by atoms with van der Waals surface area (Å²) in [6.07, 6.45) is 0.748. The number of carbonyl (C=O) groups is 1. The van der Waals surface area contributed by atoms with Crippen molar-refractivity contribution in [3.05, 3.63) is 65.5 Å². The van der Waals surface area contributed by atoms with Crippen LogP contribution in [0, 0.1) is 11.7 Å². The van der Waals surface area contributed by atoms with E-state index in [2.05, 4.69) is 5.32 Å². The van der Waals surface area contributed by atoms with Crippen molar-refractivity contribution in [3.63, 3.8) is 0 Å². The highest BCUT2D eigenvalue weighted by molar-refractivity contribution is 5.83. The Balaban J connectivity index is 0.00000243. The molecular weight excluding hydrogens is 321 g/mol. The van der Waals surface area contributed by atoms with Crippen molar-refractivity contribution in [2.45, 2.75) is 18.4 Å². The molecule has 2 aromatic rings. The third kappa shape index (κ3) is 4.17. The Kier molecular flexibility index (Phi) is 5.34. The first-order valence-corrected chi connectivity index (χ1v) is 8.31. The fourth-order valence-electron chi connectivity index (χ4n) is 3.09. The van der Waals surface area contributed by atoms with E-state index in [9.17, 15) is 9.18 Å². The number of carbonyl (C=O) groups excluding carboxylic acids is 1. The molecule has 5 heteroatoms. The molecule has 3 atom stereocenters. The number of hydrogen-bond donors (Lipinski definition) is 1. The summed E-state index contributed by atoms with van der Waals surface area (Å²) in [5.74, 6) is 0.458. The van der Waals surface area contributed by atoms with Crippen LogP contribution in [0.15, 0.2) is 48.5 Å². The smallest absolute Gasteiger partial charge is 0.224 e. The predicted molar refractivity (Wildman–Crippen MR) is 95.1 cm³/mol. The summed E-state index contributed by atoms with van der Waals surface area (Å²) in [4.78, 5) is 12.6. The lowest BCUT2D eigenvalue weighted by Gasteiger charge is -2.19. The van der Waals surface area contributed by atoms with Crippen LogP contribution in [0.3, 0.4) is 0 Å². The summed E-state index contributed by atoms with van der Waals surface area (Å²) >= 11 is 0. The number of nitrogens with one attached hydrogen (secondary N) is 1. The van der Waals surface area contributed by atoms with Gasteiger partial charge in [0.25, 0.3) is 0 Å². The predicted octanol–water partition coefficient (Wildman–Crippen LogP) is 3.69. The molecule has 0 aromatic heterocycles. The van der Waals surface area contributed by atoms with Crippen LogP contribution in [0.4, 0.5) is 4.39 Å². The van der Waals surface area contributed by atoms with Gasteiger partial charge in [-0.3, -0.25) is 4.79 Å². The largest absolute Gasteiger partial charge is 0.497 e. The number of amides is 1. The summed E-state index contributed by atoms with van der Waals surface area (Å²) in [6, 6.07) is 13.8. The Morgan fingerprint density at radius 3 is 2.68 bits per heavy atom. The maximum Gasteiger partial charge on any atom is 0.224 e. The third-order valence-corrected chi connectivity index (χ3v) is 4.57. The topological polar surface area (TPSA) is 47.6 Å². The van der Waals surface area contributed by atoms with E-state index >= 15 is 0 Å². The second-order valence-electron chi connectivity index (χ2n) is 6.29. The van der Waals surface area contributed by atoms with E-state index in [0.717, 1.165) is 23.3 Å². The lowest BCUT2D eigenvalue weighted by molar-refractivity contribution is -0.123. The fraction of sp³-hybridized carbons (Fsp3) is 0.350. The molecule has 1 aliphatic rings. The van der Waals surface area contributed by atoms with E-state index in [0.29, 0.717) is 6.61 Å². The fourth-order valence-corrected chi connectivity index (χ4v) is 3.09. The van der Waals surface area contributed by atoms with Crippen molar-refractivity contribution >= 4 is 5.91 Å². The van der Waals surface area contributed by atoms with Crippen LogP contribution in [0.1, 0.15) is 30.9 Å². The summed E-state index contributed by atoms with van der Waals surface area (Å²) in [6.45, 7) is 0.384. The Labute approximate surface area is 148 Å². The van der Waals surface area contributed by atoms with Gasteiger partial charge in [-0.05, 0) is 47.7 Å². The average Bonchev–Trinajstić information content (AvgIpc) is 3.42. The molecule has 1 aliphatic carbocycles. The summed E-state index contributed by atoms with van der Waals surface area (Å²) in [5, 5.41) is 3.05. The number of benzene rings is 2. The van der Waals surface area contributed by atoms with E-state index in [1.54, 1.807) is 20.3 Å². The zero-order valence-corrected chi connectivity index (χ0v) is 14.4. The van der Waals surface area contributed by atoms with Gasteiger partial charge in [-0.15, -0.1) is 0 Å². The SMILES string of the molecule is COC[C@H](NC(=O)[C@H]1C[C@@H]1c1cccc(F)c1)c1ccc(OC)cc1.[HH]. The van der Waals surface area contributed by atoms with E-state index in [-0.39, 0.29) is 31.0 Å². The molecule has 1 saturated carbocycles. The lowest BCUT2D eigenvalue weighted by atomic mass is 10.1. The van der Waals surface area contributed by atoms with Crippen LogP contribution >= 0.6 is 0 Å². The van der Waals surface area contributed by atoms with Crippen molar-refractivity contribution in [2.24, 2.45) is 5.92 Å². The highest BCUT2D eigenvalue weighted by atomic mass is 19.1. The molecule has 0 radical (unpaired) electrons. The molecule has 2 aromatic carbocycles. The van der Waals surface area contributed by atoms with Crippen LogP contribution in [0.25, 0.3) is 0 Å². The quantitative estimate of drug-likeness (QED) is 0.833. The van der Waals surface area contributed by atoms with Crippen molar-refractivity contribution in [3.8, 4) is 5.75 Å². The molecule has 0 bridgehead atoms. The number of hydrogen-bond acceptors (Lipinski definition) is 3. The summed E-state index contributed by atoms with van der Waals surface area (Å²) in [5.41, 5.74) is 1.84. The summed E-state index contributed by atoms with van der Waals surface area (Å²) < 4.78 is 23.8. The Hall–Kier alpha value is -2.40. The van der Waals surface area contributed by atoms with Gasteiger partial charge in [-0.25, -0.2) is 4.39 Å². The third-order valence-electron chi connectivity index (χ3n) is 4.57. The first-order valence-electron chi connectivity index (χ1n) is 8.31. The maximum absolute atomic E-state index is 13.3. The van der Waals surface area contributed by atoms with E-state index in [1.807, 2.05) is 30.3 Å². The first-order chi connectivity index (χ1) is 12.1. The van der Waals surface area contributed by atoms with Crippen LogP contribution in [0.2, 0.25) is 0 Å². The Bertz CT molecular complexity index is 738. The van der Waals surface area contributed by atoms with Crippen LogP contribution in [-0.4, -0.2) is 26.7 Å². The number of rotatable bonds is 7. The average molecular weight is 345 g/mol. The van der Waals surface area contributed by atoms with Gasteiger partial charge in [0.15, 0.2) is 0 Å². The second-order valence-corrected chi connectivity index (χ2v) is 6.29. The van der Waals surface area contributed by atoms with E-state index in [1.165, 1.54) is 12.1 Å². The molecule has 0 saturated heterocycles. The van der Waals surface area contributed by atoms with Gasteiger partial charge >= 0.3 is 0 Å². The molecule has 25 heavy (non-hydrogen) atoms. The lowest BCUT2D eigenvalue weighted by Crippen LogP contribution is -2.32. The minimum atomic E-state index is -0.265. The molecule has 134 valence electrons. The van der Waals surface area contributed by atoms with Crippen molar-refractivity contribution < 1.29 is 20.1 Å². The molecule has 4 nitrogen and oxygen atoms in total. The van der Waals surface area contributed by atoms with Gasteiger partial charge in [0.2, 0.25) is 5.91 Å². The van der Waals surface area contributed by atoms with Gasteiger partial charge in [0.1, 0.15) is 11.6 Å². The van der Waals surface area contributed by atoms with Gasteiger partial charge in [0.05, 0.1) is 19.8 Å². The molecule has 1 N–H and O–H groups in total. The molecular formula is C20H24FNO3. The highest BCUT2D eigenvalue weighted by Gasteiger charge is 2.44. The van der Waals surface area contributed by atoms with Gasteiger partial charge in [0, 0.05) is 14.5 Å². The maximum atomic E-state index is 13.3. The molecule has 0 unspecified atom stereocenters. The summed E-state index contributed by atoms with van der Waals surface area (Å²) in [7, 11) is 3.22. The second kappa shape index (κ2) is 7.66. The van der Waals surface area contributed by atoms with Crippen LogP contribution < -0.4 is 10.1 Å². The van der Waals surface area contributed by atoms with Crippen molar-refractivity contribution in [1.82, 2.24) is 5.32 Å². The minimum absolute atomic E-state index is 0. The molecule has 3 rings (SSSR count). The number of methoxy groups -OCH3 is 2. The van der Waals surface area contributed by atoms with Gasteiger partial charge in [-0.1, -0.05) is 24.3 Å². The molecule has 1 amide bonds. The van der Waals surface area contributed by atoms with Gasteiger partial charge < -0.3 is 14.8 Å². The van der Waals surface area contributed by atoms with E-state index < -0.39 is 0 Å². The zero-order valence-electron chi connectivity index (χ0n) is 14.4. The molecule has 0 spiro atoms. The standard InChI is InChI=1S/C20H22FNO3.H2/c1-24-12-19(13-6-8-16(25-2)9-7-13)22-20(23)18-11-17(18)14-4-3-5-15(21)10-14;/h3-10,17-19H,11-12H2,1-2H3,(H,22,23);1H/t17-,18+,19+;/m1./s1. The van der Waals surface area contributed by atoms with E-state index in [4.69, 9.17) is 9.47 Å². The van der Waals surface area contributed by atoms with Gasteiger partial charge in [-0.2, -0.15) is 0 Å². The molecule has 0 heterocycles. The van der Waals surface area contributed by atoms with Crippen LogP contribution in [0.5, 0.6) is 5.75 Å². The minimum Gasteiger partial charge on any atom is -0.497 e. The molecule has 0 aliphatic heterocycles. The van der Waals surface area contributed by atoms with Crippen molar-refractivity contribution in [2.75, 3.05) is 20.8 Å². The Morgan fingerprint density at radius 1 is 1.28 bits per heavy atom. The first kappa shape index (κ1) is 17.4. The number of halogens is 1. The monoisotopic (exact) mass is 345 g/mol. The Morgan fingerprint density at radius 2 is 2.04 bits per heavy atom. The highest BCUT2D eigenvalue weighted by Crippen LogP contribution is 2.47.